The second-order valence-electron chi connectivity index (χ2n) is 5.83. The number of likely N-dealkylation sites (tertiary alicyclic amines) is 1. The lowest BCUT2D eigenvalue weighted by atomic mass is 10.1. The Labute approximate surface area is 113 Å². The van der Waals surface area contributed by atoms with Gasteiger partial charge in [-0.1, -0.05) is 20.8 Å². The van der Waals surface area contributed by atoms with E-state index in [4.69, 9.17) is 4.74 Å². The first-order chi connectivity index (χ1) is 8.72. The standard InChI is InChI=1S/C15H32N2O/c1-4-16-9-5-6-12-18-15-7-10-17(11-8-15)13-14(2)3/h14-16H,4-13H2,1-3H3. The van der Waals surface area contributed by atoms with Gasteiger partial charge in [-0.3, -0.25) is 0 Å². The van der Waals surface area contributed by atoms with Crippen molar-refractivity contribution in [1.29, 1.82) is 0 Å². The van der Waals surface area contributed by atoms with Crippen molar-refractivity contribution in [2.45, 2.75) is 52.6 Å². The third-order valence-electron chi connectivity index (χ3n) is 3.51. The number of ether oxygens (including phenoxy) is 1. The summed E-state index contributed by atoms with van der Waals surface area (Å²) in [4.78, 5) is 2.58. The Balaban J connectivity index is 1.95. The number of hydrogen-bond acceptors (Lipinski definition) is 3. The predicted octanol–water partition coefficient (Wildman–Crippen LogP) is 2.51. The Morgan fingerprint density at radius 1 is 1.22 bits per heavy atom. The van der Waals surface area contributed by atoms with E-state index in [1.54, 1.807) is 0 Å². The van der Waals surface area contributed by atoms with Gasteiger partial charge in [-0.2, -0.15) is 0 Å². The van der Waals surface area contributed by atoms with Crippen molar-refractivity contribution in [2.75, 3.05) is 39.3 Å². The van der Waals surface area contributed by atoms with E-state index >= 15 is 0 Å². The predicted molar refractivity (Wildman–Crippen MR) is 78.0 cm³/mol. The molecular formula is C15H32N2O. The molecule has 1 heterocycles. The number of piperidine rings is 1. The number of nitrogens with zero attached hydrogens (tertiary/aromatic N) is 1. The maximum absolute atomic E-state index is 5.96. The van der Waals surface area contributed by atoms with E-state index in [1.165, 1.54) is 45.3 Å². The highest BCUT2D eigenvalue weighted by Crippen LogP contribution is 2.15. The van der Waals surface area contributed by atoms with Gasteiger partial charge in [0.25, 0.3) is 0 Å². The van der Waals surface area contributed by atoms with E-state index in [1.807, 2.05) is 0 Å². The van der Waals surface area contributed by atoms with Crippen LogP contribution < -0.4 is 5.32 Å². The first kappa shape index (κ1) is 15.9. The highest BCUT2D eigenvalue weighted by atomic mass is 16.5. The first-order valence-corrected chi connectivity index (χ1v) is 7.77. The highest BCUT2D eigenvalue weighted by Gasteiger charge is 2.19. The average molecular weight is 256 g/mol. The fourth-order valence-corrected chi connectivity index (χ4v) is 2.55. The molecular weight excluding hydrogens is 224 g/mol. The van der Waals surface area contributed by atoms with Gasteiger partial charge < -0.3 is 15.0 Å². The van der Waals surface area contributed by atoms with Crippen molar-refractivity contribution >= 4 is 0 Å². The second-order valence-corrected chi connectivity index (χ2v) is 5.83. The van der Waals surface area contributed by atoms with Crippen LogP contribution in [-0.4, -0.2) is 50.3 Å². The van der Waals surface area contributed by atoms with E-state index < -0.39 is 0 Å². The number of unbranched alkanes of at least 4 members (excludes halogenated alkanes) is 1. The topological polar surface area (TPSA) is 24.5 Å². The Kier molecular flexibility index (Phi) is 8.64. The normalized spacial score (nSPS) is 18.7. The van der Waals surface area contributed by atoms with Crippen LogP contribution in [0.4, 0.5) is 0 Å². The molecule has 0 aliphatic carbocycles. The summed E-state index contributed by atoms with van der Waals surface area (Å²) in [5.41, 5.74) is 0. The van der Waals surface area contributed by atoms with Gasteiger partial charge in [-0.25, -0.2) is 0 Å². The van der Waals surface area contributed by atoms with Crippen molar-refractivity contribution in [3.05, 3.63) is 0 Å². The molecule has 0 spiro atoms. The molecule has 0 atom stereocenters. The molecule has 0 aromatic heterocycles. The largest absolute Gasteiger partial charge is 0.378 e. The van der Waals surface area contributed by atoms with E-state index in [2.05, 4.69) is 31.0 Å². The van der Waals surface area contributed by atoms with Gasteiger partial charge in [0.1, 0.15) is 0 Å². The fraction of sp³-hybridized carbons (Fsp3) is 1.00. The molecule has 1 fully saturated rings. The van der Waals surface area contributed by atoms with Crippen LogP contribution in [0.1, 0.15) is 46.5 Å². The summed E-state index contributed by atoms with van der Waals surface area (Å²) in [7, 11) is 0. The molecule has 18 heavy (non-hydrogen) atoms. The maximum Gasteiger partial charge on any atom is 0.0599 e. The monoisotopic (exact) mass is 256 g/mol. The van der Waals surface area contributed by atoms with E-state index in [-0.39, 0.29) is 0 Å². The first-order valence-electron chi connectivity index (χ1n) is 7.77. The maximum atomic E-state index is 5.96. The Morgan fingerprint density at radius 2 is 1.94 bits per heavy atom. The second kappa shape index (κ2) is 9.76. The zero-order chi connectivity index (χ0) is 13.2. The van der Waals surface area contributed by atoms with Gasteiger partial charge >= 0.3 is 0 Å². The van der Waals surface area contributed by atoms with Crippen LogP contribution in [0, 0.1) is 5.92 Å². The minimum Gasteiger partial charge on any atom is -0.378 e. The van der Waals surface area contributed by atoms with E-state index in [0.717, 1.165) is 25.6 Å². The Bertz CT molecular complexity index is 189. The molecule has 0 amide bonds. The lowest BCUT2D eigenvalue weighted by molar-refractivity contribution is 0.00408. The third-order valence-corrected chi connectivity index (χ3v) is 3.51. The van der Waals surface area contributed by atoms with Crippen molar-refractivity contribution in [3.63, 3.8) is 0 Å². The molecule has 0 unspecified atom stereocenters. The summed E-state index contributed by atoms with van der Waals surface area (Å²) < 4.78 is 5.96. The van der Waals surface area contributed by atoms with Gasteiger partial charge in [0, 0.05) is 26.2 Å². The van der Waals surface area contributed by atoms with E-state index in [9.17, 15) is 0 Å². The SMILES string of the molecule is CCNCCCCOC1CCN(CC(C)C)CC1. The van der Waals surface area contributed by atoms with Crippen LogP contribution in [0.5, 0.6) is 0 Å². The smallest absolute Gasteiger partial charge is 0.0599 e. The molecule has 3 nitrogen and oxygen atoms in total. The molecule has 1 aliphatic rings. The van der Waals surface area contributed by atoms with Crippen molar-refractivity contribution in [2.24, 2.45) is 5.92 Å². The lowest BCUT2D eigenvalue weighted by Crippen LogP contribution is -2.39. The van der Waals surface area contributed by atoms with Crippen molar-refractivity contribution in [1.82, 2.24) is 10.2 Å². The molecule has 1 N–H and O–H groups in total. The lowest BCUT2D eigenvalue weighted by Gasteiger charge is -2.32. The molecule has 1 rings (SSSR count). The van der Waals surface area contributed by atoms with Crippen LogP contribution >= 0.6 is 0 Å². The number of nitrogens with one attached hydrogen (secondary N) is 1. The molecule has 0 aromatic carbocycles. The van der Waals surface area contributed by atoms with Gasteiger partial charge in [-0.15, -0.1) is 0 Å². The molecule has 3 heteroatoms. The zero-order valence-electron chi connectivity index (χ0n) is 12.6. The van der Waals surface area contributed by atoms with Gasteiger partial charge in [0.2, 0.25) is 0 Å². The summed E-state index contributed by atoms with van der Waals surface area (Å²) in [5.74, 6) is 0.786. The molecule has 0 aromatic rings. The summed E-state index contributed by atoms with van der Waals surface area (Å²) in [5, 5.41) is 3.35. The highest BCUT2D eigenvalue weighted by molar-refractivity contribution is 4.73. The average Bonchev–Trinajstić information content (AvgIpc) is 2.35. The van der Waals surface area contributed by atoms with Crippen LogP contribution in [0.15, 0.2) is 0 Å². The van der Waals surface area contributed by atoms with Gasteiger partial charge in [0.15, 0.2) is 0 Å². The molecule has 108 valence electrons. The Morgan fingerprint density at radius 3 is 2.56 bits per heavy atom. The van der Waals surface area contributed by atoms with Crippen LogP contribution in [0.25, 0.3) is 0 Å². The Hall–Kier alpha value is -0.120. The summed E-state index contributed by atoms with van der Waals surface area (Å²) >= 11 is 0. The molecule has 0 radical (unpaired) electrons. The molecule has 1 saturated heterocycles. The summed E-state index contributed by atoms with van der Waals surface area (Å²) in [6.45, 7) is 13.6. The number of hydrogen-bond donors (Lipinski definition) is 1. The zero-order valence-corrected chi connectivity index (χ0v) is 12.6. The summed E-state index contributed by atoms with van der Waals surface area (Å²) in [6, 6.07) is 0. The third kappa shape index (κ3) is 7.34. The van der Waals surface area contributed by atoms with E-state index in [0.29, 0.717) is 6.10 Å². The minimum absolute atomic E-state index is 0.521. The van der Waals surface area contributed by atoms with Crippen molar-refractivity contribution < 1.29 is 4.74 Å². The molecule has 0 saturated carbocycles. The van der Waals surface area contributed by atoms with Gasteiger partial charge in [-0.05, 0) is 44.7 Å². The summed E-state index contributed by atoms with van der Waals surface area (Å²) in [6.07, 6.45) is 5.39. The van der Waals surface area contributed by atoms with Crippen LogP contribution in [-0.2, 0) is 4.74 Å². The van der Waals surface area contributed by atoms with Gasteiger partial charge in [0.05, 0.1) is 6.10 Å². The molecule has 0 bridgehead atoms. The fourth-order valence-electron chi connectivity index (χ4n) is 2.55. The number of rotatable bonds is 9. The molecule has 1 aliphatic heterocycles. The quantitative estimate of drug-likeness (QED) is 0.642. The van der Waals surface area contributed by atoms with Crippen LogP contribution in [0.2, 0.25) is 0 Å². The minimum atomic E-state index is 0.521. The van der Waals surface area contributed by atoms with Crippen molar-refractivity contribution in [3.8, 4) is 0 Å². The van der Waals surface area contributed by atoms with Crippen LogP contribution in [0.3, 0.4) is 0 Å².